The quantitative estimate of drug-likeness (QED) is 0.869. The number of halogens is 1. The van der Waals surface area contributed by atoms with Crippen LogP contribution in [0, 0.1) is 0 Å². The highest BCUT2D eigenvalue weighted by Crippen LogP contribution is 2.40. The van der Waals surface area contributed by atoms with Gasteiger partial charge in [0.05, 0.1) is 6.26 Å². The van der Waals surface area contributed by atoms with E-state index in [0.717, 1.165) is 31.2 Å². The van der Waals surface area contributed by atoms with Crippen molar-refractivity contribution in [2.24, 2.45) is 0 Å². The van der Waals surface area contributed by atoms with Gasteiger partial charge in [-0.25, -0.2) is 4.79 Å². The van der Waals surface area contributed by atoms with Crippen molar-refractivity contribution in [1.82, 2.24) is 0 Å². The second-order valence-electron chi connectivity index (χ2n) is 5.18. The standard InChI is InChI=1S/C16H15ClO3/c17-12-7-5-10(6-8-12)13-9-20-15(14(13)16(18)19)11-3-1-2-4-11/h5-9,11H,1-4H2,(H,18,19). The zero-order valence-corrected chi connectivity index (χ0v) is 11.7. The predicted octanol–water partition coefficient (Wildman–Crippen LogP) is 4.96. The Morgan fingerprint density at radius 1 is 1.20 bits per heavy atom. The van der Waals surface area contributed by atoms with Gasteiger partial charge in [-0.15, -0.1) is 0 Å². The Kier molecular flexibility index (Phi) is 3.53. The summed E-state index contributed by atoms with van der Waals surface area (Å²) in [5, 5.41) is 10.2. The Balaban J connectivity index is 2.07. The third-order valence-electron chi connectivity index (χ3n) is 3.91. The summed E-state index contributed by atoms with van der Waals surface area (Å²) in [6.45, 7) is 0. The fraction of sp³-hybridized carbons (Fsp3) is 0.312. The number of benzene rings is 1. The molecule has 1 fully saturated rings. The van der Waals surface area contributed by atoms with Crippen molar-refractivity contribution in [3.05, 3.63) is 46.9 Å². The number of rotatable bonds is 3. The Labute approximate surface area is 122 Å². The molecule has 0 bridgehead atoms. The molecular weight excluding hydrogens is 276 g/mol. The molecule has 1 aliphatic rings. The molecule has 0 aliphatic heterocycles. The second-order valence-corrected chi connectivity index (χ2v) is 5.62. The lowest BCUT2D eigenvalue weighted by atomic mass is 9.96. The summed E-state index contributed by atoms with van der Waals surface area (Å²) >= 11 is 5.87. The first-order chi connectivity index (χ1) is 9.66. The Morgan fingerprint density at radius 3 is 2.45 bits per heavy atom. The van der Waals surface area contributed by atoms with Gasteiger partial charge >= 0.3 is 5.97 Å². The smallest absolute Gasteiger partial charge is 0.339 e. The van der Waals surface area contributed by atoms with E-state index in [1.807, 2.05) is 12.1 Å². The maximum atomic E-state index is 11.6. The number of hydrogen-bond acceptors (Lipinski definition) is 2. The number of furan rings is 1. The maximum Gasteiger partial charge on any atom is 0.339 e. The van der Waals surface area contributed by atoms with Crippen LogP contribution in [0.4, 0.5) is 0 Å². The first kappa shape index (κ1) is 13.3. The molecule has 3 nitrogen and oxygen atoms in total. The second kappa shape index (κ2) is 5.33. The summed E-state index contributed by atoms with van der Waals surface area (Å²) in [6.07, 6.45) is 5.85. The van der Waals surface area contributed by atoms with Crippen LogP contribution in [0.5, 0.6) is 0 Å². The summed E-state index contributed by atoms with van der Waals surface area (Å²) < 4.78 is 5.61. The van der Waals surface area contributed by atoms with Crippen molar-refractivity contribution in [1.29, 1.82) is 0 Å². The van der Waals surface area contributed by atoms with Gasteiger partial charge in [0.2, 0.25) is 0 Å². The molecule has 1 heterocycles. The number of aromatic carboxylic acids is 1. The van der Waals surface area contributed by atoms with Crippen LogP contribution in [-0.2, 0) is 0 Å². The van der Waals surface area contributed by atoms with Gasteiger partial charge in [0.25, 0.3) is 0 Å². The minimum atomic E-state index is -0.925. The van der Waals surface area contributed by atoms with Crippen LogP contribution in [-0.4, -0.2) is 11.1 Å². The van der Waals surface area contributed by atoms with Crippen molar-refractivity contribution in [2.75, 3.05) is 0 Å². The van der Waals surface area contributed by atoms with Gasteiger partial charge in [0.15, 0.2) is 0 Å². The molecule has 0 amide bonds. The minimum absolute atomic E-state index is 0.238. The number of carbonyl (C=O) groups is 1. The van der Waals surface area contributed by atoms with Crippen molar-refractivity contribution < 1.29 is 14.3 Å². The van der Waals surface area contributed by atoms with Crippen LogP contribution in [0.2, 0.25) is 5.02 Å². The average Bonchev–Trinajstić information content (AvgIpc) is 3.08. The maximum absolute atomic E-state index is 11.6. The molecule has 0 spiro atoms. The van der Waals surface area contributed by atoms with Crippen LogP contribution in [0.15, 0.2) is 34.9 Å². The Bertz CT molecular complexity index is 622. The van der Waals surface area contributed by atoms with E-state index in [2.05, 4.69) is 0 Å². The lowest BCUT2D eigenvalue weighted by Crippen LogP contribution is -2.03. The molecule has 104 valence electrons. The van der Waals surface area contributed by atoms with E-state index in [4.69, 9.17) is 16.0 Å². The molecule has 0 radical (unpaired) electrons. The number of carboxylic acid groups (broad SMARTS) is 1. The van der Waals surface area contributed by atoms with E-state index < -0.39 is 5.97 Å². The molecule has 20 heavy (non-hydrogen) atoms. The summed E-state index contributed by atoms with van der Waals surface area (Å²) in [5.74, 6) is -0.0623. The monoisotopic (exact) mass is 290 g/mol. The highest BCUT2D eigenvalue weighted by molar-refractivity contribution is 6.30. The number of hydrogen-bond donors (Lipinski definition) is 1. The van der Waals surface area contributed by atoms with E-state index in [9.17, 15) is 9.90 Å². The van der Waals surface area contributed by atoms with E-state index >= 15 is 0 Å². The molecule has 2 aromatic rings. The third-order valence-corrected chi connectivity index (χ3v) is 4.17. The topological polar surface area (TPSA) is 50.4 Å². The van der Waals surface area contributed by atoms with E-state index in [0.29, 0.717) is 21.9 Å². The zero-order chi connectivity index (χ0) is 14.1. The molecule has 4 heteroatoms. The van der Waals surface area contributed by atoms with Gasteiger partial charge in [-0.3, -0.25) is 0 Å². The Morgan fingerprint density at radius 2 is 1.85 bits per heavy atom. The van der Waals surface area contributed by atoms with Crippen LogP contribution >= 0.6 is 11.6 Å². The Hall–Kier alpha value is -1.74. The summed E-state index contributed by atoms with van der Waals surface area (Å²) in [4.78, 5) is 11.6. The minimum Gasteiger partial charge on any atom is -0.478 e. The molecule has 1 saturated carbocycles. The highest BCUT2D eigenvalue weighted by atomic mass is 35.5. The van der Waals surface area contributed by atoms with Crippen molar-refractivity contribution in [3.8, 4) is 11.1 Å². The number of carboxylic acids is 1. The lowest BCUT2D eigenvalue weighted by molar-refractivity contribution is 0.0694. The fourth-order valence-corrected chi connectivity index (χ4v) is 3.05. The lowest BCUT2D eigenvalue weighted by Gasteiger charge is -2.07. The van der Waals surface area contributed by atoms with Gasteiger partial charge in [-0.05, 0) is 30.5 Å². The zero-order valence-electron chi connectivity index (χ0n) is 10.9. The van der Waals surface area contributed by atoms with Crippen LogP contribution < -0.4 is 0 Å². The van der Waals surface area contributed by atoms with Crippen molar-refractivity contribution in [2.45, 2.75) is 31.6 Å². The van der Waals surface area contributed by atoms with Crippen molar-refractivity contribution >= 4 is 17.6 Å². The first-order valence-electron chi connectivity index (χ1n) is 6.77. The van der Waals surface area contributed by atoms with Gasteiger partial charge in [-0.1, -0.05) is 36.6 Å². The van der Waals surface area contributed by atoms with Gasteiger partial charge in [0.1, 0.15) is 11.3 Å². The highest BCUT2D eigenvalue weighted by Gasteiger charge is 2.29. The first-order valence-corrected chi connectivity index (χ1v) is 7.15. The molecule has 0 atom stereocenters. The summed E-state index contributed by atoms with van der Waals surface area (Å²) in [6, 6.07) is 7.14. The van der Waals surface area contributed by atoms with Crippen LogP contribution in [0.1, 0.15) is 47.7 Å². The molecule has 1 N–H and O–H groups in total. The molecular formula is C16H15ClO3. The molecule has 1 aliphatic carbocycles. The van der Waals surface area contributed by atoms with Gasteiger partial charge in [-0.2, -0.15) is 0 Å². The molecule has 1 aromatic carbocycles. The van der Waals surface area contributed by atoms with E-state index in [1.165, 1.54) is 0 Å². The molecule has 0 saturated heterocycles. The SMILES string of the molecule is O=C(O)c1c(-c2ccc(Cl)cc2)coc1C1CCCC1. The average molecular weight is 291 g/mol. The van der Waals surface area contributed by atoms with Crippen LogP contribution in [0.3, 0.4) is 0 Å². The van der Waals surface area contributed by atoms with Crippen molar-refractivity contribution in [3.63, 3.8) is 0 Å². The van der Waals surface area contributed by atoms with Crippen LogP contribution in [0.25, 0.3) is 11.1 Å². The van der Waals surface area contributed by atoms with E-state index in [-0.39, 0.29) is 5.92 Å². The normalized spacial score (nSPS) is 15.7. The summed E-state index contributed by atoms with van der Waals surface area (Å²) in [5.41, 5.74) is 1.76. The molecule has 0 unspecified atom stereocenters. The molecule has 3 rings (SSSR count). The fourth-order valence-electron chi connectivity index (χ4n) is 2.92. The largest absolute Gasteiger partial charge is 0.478 e. The third kappa shape index (κ3) is 2.34. The van der Waals surface area contributed by atoms with E-state index in [1.54, 1.807) is 18.4 Å². The predicted molar refractivity (Wildman–Crippen MR) is 77.3 cm³/mol. The van der Waals surface area contributed by atoms with Gasteiger partial charge in [0, 0.05) is 16.5 Å². The molecule has 1 aromatic heterocycles. The summed E-state index contributed by atoms with van der Waals surface area (Å²) in [7, 11) is 0. The van der Waals surface area contributed by atoms with Gasteiger partial charge < -0.3 is 9.52 Å².